The van der Waals surface area contributed by atoms with E-state index < -0.39 is 5.82 Å². The van der Waals surface area contributed by atoms with Crippen LogP contribution in [0.4, 0.5) is 10.2 Å². The third-order valence-electron chi connectivity index (χ3n) is 6.09. The van der Waals surface area contributed by atoms with Crippen LogP contribution in [0.15, 0.2) is 36.8 Å². The van der Waals surface area contributed by atoms with Gasteiger partial charge in [0.2, 0.25) is 5.88 Å². The fourth-order valence-electron chi connectivity index (χ4n) is 4.16. The summed E-state index contributed by atoms with van der Waals surface area (Å²) >= 11 is 0. The number of rotatable bonds is 7. The van der Waals surface area contributed by atoms with Gasteiger partial charge in [0.05, 0.1) is 12.7 Å². The summed E-state index contributed by atoms with van der Waals surface area (Å²) in [7, 11) is 2.15. The van der Waals surface area contributed by atoms with Crippen molar-refractivity contribution in [2.75, 3.05) is 52.1 Å². The number of nitrogens with zero attached hydrogens (tertiary/aromatic N) is 8. The van der Waals surface area contributed by atoms with E-state index in [9.17, 15) is 4.39 Å². The molecule has 5 heterocycles. The van der Waals surface area contributed by atoms with E-state index in [1.165, 1.54) is 6.07 Å². The number of hydrogen-bond donors (Lipinski definition) is 1. The lowest BCUT2D eigenvalue weighted by molar-refractivity contribution is 0.132. The number of anilines is 1. The van der Waals surface area contributed by atoms with Gasteiger partial charge < -0.3 is 19.9 Å². The van der Waals surface area contributed by atoms with E-state index >= 15 is 0 Å². The van der Waals surface area contributed by atoms with Crippen molar-refractivity contribution in [1.29, 1.82) is 0 Å². The minimum atomic E-state index is -0.448. The third-order valence-corrected chi connectivity index (χ3v) is 6.09. The third kappa shape index (κ3) is 5.20. The molecule has 11 heteroatoms. The number of imidazole rings is 1. The van der Waals surface area contributed by atoms with Crippen molar-refractivity contribution in [2.24, 2.45) is 0 Å². The molecule has 10 nitrogen and oxygen atoms in total. The highest BCUT2D eigenvalue weighted by atomic mass is 19.1. The Labute approximate surface area is 202 Å². The van der Waals surface area contributed by atoms with Crippen molar-refractivity contribution in [3.8, 4) is 17.3 Å². The molecule has 0 saturated carbocycles. The zero-order valence-electron chi connectivity index (χ0n) is 19.9. The number of pyridine rings is 2. The predicted octanol–water partition coefficient (Wildman–Crippen LogP) is 1.99. The summed E-state index contributed by atoms with van der Waals surface area (Å²) in [5.41, 5.74) is 8.59. The molecule has 0 aliphatic carbocycles. The van der Waals surface area contributed by atoms with Crippen LogP contribution in [0.2, 0.25) is 0 Å². The highest BCUT2D eigenvalue weighted by Crippen LogP contribution is 2.27. The molecule has 0 unspecified atom stereocenters. The molecule has 182 valence electrons. The molecule has 4 aromatic rings. The number of likely N-dealkylation sites (N-methyl/N-ethyl adjacent to an activating group) is 1. The van der Waals surface area contributed by atoms with Crippen LogP contribution < -0.4 is 10.5 Å². The van der Waals surface area contributed by atoms with Crippen LogP contribution in [0, 0.1) is 12.7 Å². The van der Waals surface area contributed by atoms with Crippen LogP contribution in [0.1, 0.15) is 11.4 Å². The molecule has 4 aromatic heterocycles. The molecule has 0 amide bonds. The summed E-state index contributed by atoms with van der Waals surface area (Å²) in [6.45, 7) is 7.93. The summed E-state index contributed by atoms with van der Waals surface area (Å²) < 4.78 is 21.6. The van der Waals surface area contributed by atoms with Crippen molar-refractivity contribution in [2.45, 2.75) is 13.5 Å². The van der Waals surface area contributed by atoms with Gasteiger partial charge in [-0.15, -0.1) is 0 Å². The first-order valence-corrected chi connectivity index (χ1v) is 11.6. The highest BCUT2D eigenvalue weighted by Gasteiger charge is 2.19. The maximum absolute atomic E-state index is 13.9. The Balaban J connectivity index is 1.34. The molecule has 0 radical (unpaired) electrons. The van der Waals surface area contributed by atoms with Gasteiger partial charge in [-0.25, -0.2) is 24.3 Å². The monoisotopic (exact) mass is 477 g/mol. The SMILES string of the molecule is Cc1nc(N)c2nc(-c3cncc(F)c3)n(Cc3ccc(OCCN4CCN(C)CC4)nc3)c2n1. The highest BCUT2D eigenvalue weighted by molar-refractivity contribution is 5.85. The van der Waals surface area contributed by atoms with Crippen LogP contribution >= 0.6 is 0 Å². The van der Waals surface area contributed by atoms with Gasteiger partial charge in [-0.3, -0.25) is 9.88 Å². The molecule has 1 aliphatic rings. The van der Waals surface area contributed by atoms with Crippen LogP contribution in [-0.2, 0) is 6.54 Å². The van der Waals surface area contributed by atoms with E-state index in [0.29, 0.717) is 47.4 Å². The van der Waals surface area contributed by atoms with Crippen molar-refractivity contribution in [3.63, 3.8) is 0 Å². The quantitative estimate of drug-likeness (QED) is 0.427. The van der Waals surface area contributed by atoms with E-state index in [-0.39, 0.29) is 5.82 Å². The fourth-order valence-corrected chi connectivity index (χ4v) is 4.16. The lowest BCUT2D eigenvalue weighted by Crippen LogP contribution is -2.45. The van der Waals surface area contributed by atoms with Crippen molar-refractivity contribution < 1.29 is 9.13 Å². The number of fused-ring (bicyclic) bond motifs is 1. The second-order valence-electron chi connectivity index (χ2n) is 8.74. The van der Waals surface area contributed by atoms with Crippen molar-refractivity contribution in [1.82, 2.24) is 39.3 Å². The molecule has 35 heavy (non-hydrogen) atoms. The van der Waals surface area contributed by atoms with Gasteiger partial charge in [0.15, 0.2) is 17.0 Å². The maximum atomic E-state index is 13.9. The average Bonchev–Trinajstić information content (AvgIpc) is 3.20. The first-order chi connectivity index (χ1) is 17.0. The van der Waals surface area contributed by atoms with Crippen LogP contribution in [-0.4, -0.2) is 85.7 Å². The van der Waals surface area contributed by atoms with Gasteiger partial charge in [-0.1, -0.05) is 6.07 Å². The number of aromatic nitrogens is 6. The maximum Gasteiger partial charge on any atom is 0.213 e. The summed E-state index contributed by atoms with van der Waals surface area (Å²) in [4.78, 5) is 26.6. The summed E-state index contributed by atoms with van der Waals surface area (Å²) in [5, 5.41) is 0. The van der Waals surface area contributed by atoms with Crippen LogP contribution in [0.3, 0.4) is 0 Å². The van der Waals surface area contributed by atoms with E-state index in [1.54, 1.807) is 19.3 Å². The van der Waals surface area contributed by atoms with Crippen LogP contribution in [0.25, 0.3) is 22.6 Å². The molecule has 5 rings (SSSR count). The number of nitrogen functional groups attached to an aromatic ring is 1. The Morgan fingerprint density at radius 3 is 2.63 bits per heavy atom. The predicted molar refractivity (Wildman–Crippen MR) is 130 cm³/mol. The smallest absolute Gasteiger partial charge is 0.213 e. The van der Waals surface area contributed by atoms with Crippen molar-refractivity contribution in [3.05, 3.63) is 54.0 Å². The van der Waals surface area contributed by atoms with E-state index in [1.807, 2.05) is 16.7 Å². The normalized spacial score (nSPS) is 15.1. The molecular weight excluding hydrogens is 449 g/mol. The molecular formula is C24H28FN9O. The van der Waals surface area contributed by atoms with E-state index in [4.69, 9.17) is 10.5 Å². The van der Waals surface area contributed by atoms with E-state index in [2.05, 4.69) is 41.8 Å². The Hall–Kier alpha value is -3.70. The molecule has 0 bridgehead atoms. The number of ether oxygens (including phenoxy) is 1. The van der Waals surface area contributed by atoms with E-state index in [0.717, 1.165) is 44.5 Å². The molecule has 0 aromatic carbocycles. The molecule has 0 spiro atoms. The fraction of sp³-hybridized carbons (Fsp3) is 0.375. The second kappa shape index (κ2) is 9.88. The summed E-state index contributed by atoms with van der Waals surface area (Å²) in [5.74, 6) is 1.44. The summed E-state index contributed by atoms with van der Waals surface area (Å²) in [6, 6.07) is 5.20. The zero-order chi connectivity index (χ0) is 24.4. The van der Waals surface area contributed by atoms with Gasteiger partial charge in [0, 0.05) is 56.7 Å². The number of aryl methyl sites for hydroxylation is 1. The van der Waals surface area contributed by atoms with Gasteiger partial charge in [-0.2, -0.15) is 0 Å². The first-order valence-electron chi connectivity index (χ1n) is 11.6. The van der Waals surface area contributed by atoms with Gasteiger partial charge >= 0.3 is 0 Å². The molecule has 0 atom stereocenters. The molecule has 2 N–H and O–H groups in total. The van der Waals surface area contributed by atoms with Gasteiger partial charge in [-0.05, 0) is 25.6 Å². The lowest BCUT2D eigenvalue weighted by atomic mass is 10.2. The number of piperazine rings is 1. The number of nitrogens with two attached hydrogens (primary N) is 1. The lowest BCUT2D eigenvalue weighted by Gasteiger charge is -2.32. The zero-order valence-corrected chi connectivity index (χ0v) is 19.9. The standard InChI is InChI=1S/C24H28FN9O/c1-16-29-22(26)21-24(30-16)34(23(31-21)18-11-19(25)14-27-13-18)15-17-3-4-20(28-12-17)35-10-9-33-7-5-32(2)6-8-33/h3-4,11-14H,5-10,15H2,1-2H3,(H2,26,29,30). The van der Waals surface area contributed by atoms with Gasteiger partial charge in [0.1, 0.15) is 24.1 Å². The Kier molecular flexibility index (Phi) is 6.51. The Morgan fingerprint density at radius 2 is 1.89 bits per heavy atom. The number of halogens is 1. The van der Waals surface area contributed by atoms with Crippen LogP contribution in [0.5, 0.6) is 5.88 Å². The summed E-state index contributed by atoms with van der Waals surface area (Å²) in [6.07, 6.45) is 4.48. The minimum Gasteiger partial charge on any atom is -0.476 e. The number of hydrogen-bond acceptors (Lipinski definition) is 9. The van der Waals surface area contributed by atoms with Gasteiger partial charge in [0.25, 0.3) is 0 Å². The first kappa shape index (κ1) is 23.1. The molecule has 1 aliphatic heterocycles. The minimum absolute atomic E-state index is 0.277. The molecule has 1 fully saturated rings. The van der Waals surface area contributed by atoms with Crippen molar-refractivity contribution >= 4 is 17.0 Å². The Morgan fingerprint density at radius 1 is 1.06 bits per heavy atom. The molecule has 1 saturated heterocycles. The average molecular weight is 478 g/mol. The largest absolute Gasteiger partial charge is 0.476 e. The Bertz CT molecular complexity index is 1320. The second-order valence-corrected chi connectivity index (χ2v) is 8.74. The topological polar surface area (TPSA) is 111 Å².